The van der Waals surface area contributed by atoms with Crippen LogP contribution in [0.15, 0.2) is 48.5 Å². The Hall–Kier alpha value is -2.93. The van der Waals surface area contributed by atoms with E-state index in [2.05, 4.69) is 11.4 Å². The third-order valence-electron chi connectivity index (χ3n) is 5.65. The van der Waals surface area contributed by atoms with Gasteiger partial charge in [-0.15, -0.1) is 0 Å². The number of benzene rings is 2. The Morgan fingerprint density at radius 2 is 1.93 bits per heavy atom. The van der Waals surface area contributed by atoms with Crippen LogP contribution in [-0.4, -0.2) is 47.8 Å². The third kappa shape index (κ3) is 4.10. The average molecular weight is 398 g/mol. The number of carboxylic acid groups (broad SMARTS) is 1. The monoisotopic (exact) mass is 398 g/mol. The maximum absolute atomic E-state index is 13.5. The highest BCUT2D eigenvalue weighted by Crippen LogP contribution is 2.36. The number of nitrogens with one attached hydrogen (secondary N) is 1. The summed E-state index contributed by atoms with van der Waals surface area (Å²) in [5, 5.41) is 11.1. The molecule has 2 amide bonds. The maximum Gasteiger partial charge on any atom is 0.404 e. The number of amides is 2. The Labute approximate surface area is 168 Å². The molecule has 2 aliphatic heterocycles. The first-order valence-electron chi connectivity index (χ1n) is 9.75. The van der Waals surface area contributed by atoms with Crippen LogP contribution < -0.4 is 5.32 Å². The summed E-state index contributed by atoms with van der Waals surface area (Å²) in [4.78, 5) is 25.9. The van der Waals surface area contributed by atoms with Crippen LogP contribution >= 0.6 is 0 Å². The van der Waals surface area contributed by atoms with Crippen molar-refractivity contribution in [2.45, 2.75) is 25.0 Å². The number of halogens is 1. The van der Waals surface area contributed by atoms with Gasteiger partial charge in [0.05, 0.1) is 12.6 Å². The van der Waals surface area contributed by atoms with Crippen molar-refractivity contribution in [1.82, 2.24) is 10.2 Å². The van der Waals surface area contributed by atoms with Gasteiger partial charge in [0.1, 0.15) is 11.9 Å². The fourth-order valence-corrected chi connectivity index (χ4v) is 4.23. The molecule has 2 aliphatic rings. The molecule has 1 saturated heterocycles. The van der Waals surface area contributed by atoms with Crippen LogP contribution in [0.5, 0.6) is 0 Å². The zero-order chi connectivity index (χ0) is 20.4. The second kappa shape index (κ2) is 8.21. The van der Waals surface area contributed by atoms with Crippen molar-refractivity contribution in [3.63, 3.8) is 0 Å². The van der Waals surface area contributed by atoms with Crippen LogP contribution in [0.4, 0.5) is 9.18 Å². The van der Waals surface area contributed by atoms with Gasteiger partial charge in [-0.2, -0.15) is 0 Å². The maximum atomic E-state index is 13.5. The Balaban J connectivity index is 1.58. The van der Waals surface area contributed by atoms with Crippen molar-refractivity contribution in [2.24, 2.45) is 5.92 Å². The topological polar surface area (TPSA) is 78.9 Å². The van der Waals surface area contributed by atoms with Gasteiger partial charge < -0.3 is 20.1 Å². The second-order valence-electron chi connectivity index (χ2n) is 7.54. The van der Waals surface area contributed by atoms with Crippen molar-refractivity contribution < 1.29 is 23.8 Å². The van der Waals surface area contributed by atoms with E-state index in [-0.39, 0.29) is 30.2 Å². The quantitative estimate of drug-likeness (QED) is 0.830. The molecule has 2 aromatic rings. The van der Waals surface area contributed by atoms with Crippen LogP contribution in [0.2, 0.25) is 0 Å². The standard InChI is InChI=1S/C22H23FN2O4/c23-17-7-5-16(6-8-17)20-18-4-2-1-3-15(18)9-10-25(20)21(26)19-11-14(13-29-19)12-24-22(27)28/h1-8,14,19-20,24H,9-13H2,(H,27,28)/t14-,19-,20+/m1/s1. The van der Waals surface area contributed by atoms with Crippen LogP contribution in [0.1, 0.15) is 29.2 Å². The summed E-state index contributed by atoms with van der Waals surface area (Å²) in [5.74, 6) is -0.448. The SMILES string of the molecule is O=C(O)NC[C@@H]1CO[C@@H](C(=O)N2CCc3ccccc3[C@@H]2c2ccc(F)cc2)C1. The highest BCUT2D eigenvalue weighted by atomic mass is 19.1. The summed E-state index contributed by atoms with van der Waals surface area (Å²) in [5.41, 5.74) is 3.08. The Kier molecular flexibility index (Phi) is 5.49. The van der Waals surface area contributed by atoms with Crippen LogP contribution in [0.25, 0.3) is 0 Å². The molecule has 29 heavy (non-hydrogen) atoms. The Morgan fingerprint density at radius 1 is 1.17 bits per heavy atom. The molecule has 2 N–H and O–H groups in total. The first kappa shape index (κ1) is 19.4. The van der Waals surface area contributed by atoms with E-state index in [0.717, 1.165) is 17.5 Å². The van der Waals surface area contributed by atoms with Gasteiger partial charge in [0, 0.05) is 19.0 Å². The van der Waals surface area contributed by atoms with E-state index in [0.29, 0.717) is 19.6 Å². The molecule has 0 saturated carbocycles. The van der Waals surface area contributed by atoms with Crippen LogP contribution in [0.3, 0.4) is 0 Å². The number of hydrogen-bond acceptors (Lipinski definition) is 3. The minimum Gasteiger partial charge on any atom is -0.465 e. The zero-order valence-corrected chi connectivity index (χ0v) is 15.9. The zero-order valence-electron chi connectivity index (χ0n) is 15.9. The van der Waals surface area contributed by atoms with Gasteiger partial charge in [-0.3, -0.25) is 4.79 Å². The van der Waals surface area contributed by atoms with E-state index in [4.69, 9.17) is 9.84 Å². The number of hydrogen-bond donors (Lipinski definition) is 2. The summed E-state index contributed by atoms with van der Waals surface area (Å²) < 4.78 is 19.2. The largest absolute Gasteiger partial charge is 0.465 e. The number of carbonyl (C=O) groups excluding carboxylic acids is 1. The lowest BCUT2D eigenvalue weighted by molar-refractivity contribution is -0.143. The van der Waals surface area contributed by atoms with Gasteiger partial charge in [0.2, 0.25) is 0 Å². The van der Waals surface area contributed by atoms with E-state index in [9.17, 15) is 14.0 Å². The predicted molar refractivity (Wildman–Crippen MR) is 104 cm³/mol. The molecule has 2 aromatic carbocycles. The van der Waals surface area contributed by atoms with E-state index in [1.165, 1.54) is 17.7 Å². The molecule has 0 aromatic heterocycles. The van der Waals surface area contributed by atoms with Gasteiger partial charge in [-0.1, -0.05) is 36.4 Å². The molecule has 0 unspecified atom stereocenters. The first-order valence-corrected chi connectivity index (χ1v) is 9.75. The molecular weight excluding hydrogens is 375 g/mol. The van der Waals surface area contributed by atoms with Gasteiger partial charge in [-0.05, 0) is 41.7 Å². The molecule has 3 atom stereocenters. The average Bonchev–Trinajstić information content (AvgIpc) is 3.21. The van der Waals surface area contributed by atoms with Gasteiger partial charge in [0.25, 0.3) is 5.91 Å². The minimum absolute atomic E-state index is 0.0265. The van der Waals surface area contributed by atoms with Crippen molar-refractivity contribution in [2.75, 3.05) is 19.7 Å². The Morgan fingerprint density at radius 3 is 2.69 bits per heavy atom. The molecule has 0 spiro atoms. The molecular formula is C22H23FN2O4. The molecule has 152 valence electrons. The minimum atomic E-state index is -1.08. The fraction of sp³-hybridized carbons (Fsp3) is 0.364. The van der Waals surface area contributed by atoms with Crippen molar-refractivity contribution in [3.05, 3.63) is 71.0 Å². The van der Waals surface area contributed by atoms with E-state index < -0.39 is 12.2 Å². The molecule has 7 heteroatoms. The highest BCUT2D eigenvalue weighted by molar-refractivity contribution is 5.82. The highest BCUT2D eigenvalue weighted by Gasteiger charge is 2.39. The smallest absolute Gasteiger partial charge is 0.404 e. The summed E-state index contributed by atoms with van der Waals surface area (Å²) in [6.07, 6.45) is -0.448. The Bertz CT molecular complexity index is 902. The van der Waals surface area contributed by atoms with E-state index in [1.54, 1.807) is 12.1 Å². The molecule has 0 aliphatic carbocycles. The number of ether oxygens (including phenoxy) is 1. The second-order valence-corrected chi connectivity index (χ2v) is 7.54. The summed E-state index contributed by atoms with van der Waals surface area (Å²) in [7, 11) is 0. The normalized spacial score (nSPS) is 23.5. The number of carbonyl (C=O) groups is 2. The van der Waals surface area contributed by atoms with Crippen molar-refractivity contribution in [3.8, 4) is 0 Å². The number of fused-ring (bicyclic) bond motifs is 1. The summed E-state index contributed by atoms with van der Waals surface area (Å²) in [6, 6.07) is 14.0. The lowest BCUT2D eigenvalue weighted by atomic mass is 9.87. The third-order valence-corrected chi connectivity index (χ3v) is 5.65. The first-order chi connectivity index (χ1) is 14.0. The summed E-state index contributed by atoms with van der Waals surface area (Å²) >= 11 is 0. The van der Waals surface area contributed by atoms with E-state index in [1.807, 2.05) is 23.1 Å². The number of nitrogens with zero attached hydrogens (tertiary/aromatic N) is 1. The molecule has 6 nitrogen and oxygen atoms in total. The van der Waals surface area contributed by atoms with Crippen LogP contribution in [-0.2, 0) is 16.0 Å². The lowest BCUT2D eigenvalue weighted by Gasteiger charge is -2.39. The predicted octanol–water partition coefficient (Wildman–Crippen LogP) is 2.97. The van der Waals surface area contributed by atoms with E-state index >= 15 is 0 Å². The number of rotatable bonds is 4. The molecule has 0 radical (unpaired) electrons. The molecule has 0 bridgehead atoms. The molecule has 4 rings (SSSR count). The van der Waals surface area contributed by atoms with Gasteiger partial charge in [-0.25, -0.2) is 9.18 Å². The molecule has 1 fully saturated rings. The van der Waals surface area contributed by atoms with Crippen molar-refractivity contribution in [1.29, 1.82) is 0 Å². The lowest BCUT2D eigenvalue weighted by Crippen LogP contribution is -2.45. The van der Waals surface area contributed by atoms with Crippen LogP contribution in [0, 0.1) is 11.7 Å². The fourth-order valence-electron chi connectivity index (χ4n) is 4.23. The summed E-state index contributed by atoms with van der Waals surface area (Å²) in [6.45, 7) is 1.17. The molecule has 2 heterocycles. The van der Waals surface area contributed by atoms with Gasteiger partial charge >= 0.3 is 6.09 Å². The van der Waals surface area contributed by atoms with Crippen molar-refractivity contribution >= 4 is 12.0 Å². The van der Waals surface area contributed by atoms with Gasteiger partial charge in [0.15, 0.2) is 0 Å².